The fourth-order valence-corrected chi connectivity index (χ4v) is 4.63. The van der Waals surface area contributed by atoms with Crippen LogP contribution in [-0.2, 0) is 16.1 Å². The monoisotopic (exact) mass is 493 g/mol. The third kappa shape index (κ3) is 5.99. The lowest BCUT2D eigenvalue weighted by atomic mass is 10.1. The average Bonchev–Trinajstić information content (AvgIpc) is 2.87. The standard InChI is InChI=1S/C26H24FN3O4S/c1-33-21-13-8-17(14-22(21)34-2)16-30-24(31)15-23(25(32)28-20-11-9-18(27)10-12-20)35-26(30)29-19-6-4-3-5-7-19/h3-14,23H,15-16H2,1-2H3,(H,28,32). The number of hydrogen-bond donors (Lipinski definition) is 1. The van der Waals surface area contributed by atoms with Gasteiger partial charge in [-0.3, -0.25) is 14.5 Å². The van der Waals surface area contributed by atoms with Crippen LogP contribution >= 0.6 is 11.8 Å². The lowest BCUT2D eigenvalue weighted by Crippen LogP contribution is -2.44. The van der Waals surface area contributed by atoms with E-state index in [2.05, 4.69) is 10.3 Å². The number of hydrogen-bond acceptors (Lipinski definition) is 6. The Labute approximate surface area is 207 Å². The average molecular weight is 494 g/mol. The van der Waals surface area contributed by atoms with E-state index in [1.54, 1.807) is 25.2 Å². The molecule has 9 heteroatoms. The number of carbonyl (C=O) groups excluding carboxylic acids is 2. The van der Waals surface area contributed by atoms with E-state index >= 15 is 0 Å². The largest absolute Gasteiger partial charge is 0.493 e. The minimum atomic E-state index is -0.684. The lowest BCUT2D eigenvalue weighted by molar-refractivity contribution is -0.129. The maximum Gasteiger partial charge on any atom is 0.238 e. The number of nitrogens with one attached hydrogen (secondary N) is 1. The highest BCUT2D eigenvalue weighted by atomic mass is 32.2. The van der Waals surface area contributed by atoms with Gasteiger partial charge >= 0.3 is 0 Å². The Bertz CT molecular complexity index is 1240. The second kappa shape index (κ2) is 11.1. The number of para-hydroxylation sites is 1. The molecular weight excluding hydrogens is 469 g/mol. The highest BCUT2D eigenvalue weighted by Crippen LogP contribution is 2.33. The Morgan fingerprint density at radius 1 is 1.06 bits per heavy atom. The van der Waals surface area contributed by atoms with E-state index in [-0.39, 0.29) is 24.8 Å². The molecule has 0 saturated carbocycles. The van der Waals surface area contributed by atoms with Crippen LogP contribution in [0.1, 0.15) is 12.0 Å². The maximum atomic E-state index is 13.2. The topological polar surface area (TPSA) is 80.2 Å². The van der Waals surface area contributed by atoms with Crippen molar-refractivity contribution >= 4 is 40.1 Å². The molecule has 7 nitrogen and oxygen atoms in total. The normalized spacial score (nSPS) is 16.8. The highest BCUT2D eigenvalue weighted by Gasteiger charge is 2.36. The Hall–Kier alpha value is -3.85. The summed E-state index contributed by atoms with van der Waals surface area (Å²) >= 11 is 1.22. The predicted molar refractivity (Wildman–Crippen MR) is 135 cm³/mol. The van der Waals surface area contributed by atoms with Gasteiger partial charge in [0.15, 0.2) is 16.7 Å². The number of amidine groups is 1. The van der Waals surface area contributed by atoms with Crippen LogP contribution in [0.5, 0.6) is 11.5 Å². The van der Waals surface area contributed by atoms with E-state index in [1.807, 2.05) is 42.5 Å². The van der Waals surface area contributed by atoms with Gasteiger partial charge in [0.1, 0.15) is 11.1 Å². The fraction of sp³-hybridized carbons (Fsp3) is 0.192. The van der Waals surface area contributed by atoms with E-state index in [0.717, 1.165) is 5.56 Å². The van der Waals surface area contributed by atoms with Crippen molar-refractivity contribution < 1.29 is 23.5 Å². The van der Waals surface area contributed by atoms with Gasteiger partial charge in [-0.15, -0.1) is 0 Å². The Morgan fingerprint density at radius 3 is 2.46 bits per heavy atom. The molecule has 2 amide bonds. The highest BCUT2D eigenvalue weighted by molar-refractivity contribution is 8.15. The van der Waals surface area contributed by atoms with E-state index in [0.29, 0.717) is 28.0 Å². The van der Waals surface area contributed by atoms with Gasteiger partial charge in [0.05, 0.1) is 26.5 Å². The predicted octanol–water partition coefficient (Wildman–Crippen LogP) is 5.00. The summed E-state index contributed by atoms with van der Waals surface area (Å²) in [6.07, 6.45) is -0.00120. The number of aliphatic imine (C=N–C) groups is 1. The molecule has 3 aromatic carbocycles. The summed E-state index contributed by atoms with van der Waals surface area (Å²) in [7, 11) is 3.11. The van der Waals surface area contributed by atoms with Crippen molar-refractivity contribution in [3.05, 3.63) is 84.2 Å². The first kappa shape index (κ1) is 24.3. The number of amides is 2. The van der Waals surface area contributed by atoms with Crippen molar-refractivity contribution in [3.8, 4) is 11.5 Å². The van der Waals surface area contributed by atoms with E-state index in [1.165, 1.54) is 36.0 Å². The van der Waals surface area contributed by atoms with Crippen LogP contribution in [0.15, 0.2) is 77.8 Å². The van der Waals surface area contributed by atoms with Crippen LogP contribution in [0, 0.1) is 5.82 Å². The molecule has 0 bridgehead atoms. The Kier molecular flexibility index (Phi) is 7.67. The number of carbonyl (C=O) groups is 2. The van der Waals surface area contributed by atoms with Gasteiger partial charge in [0.25, 0.3) is 0 Å². The first-order chi connectivity index (χ1) is 17.0. The van der Waals surface area contributed by atoms with Crippen LogP contribution in [0.3, 0.4) is 0 Å². The van der Waals surface area contributed by atoms with Gasteiger partial charge in [0.2, 0.25) is 11.8 Å². The number of halogens is 1. The molecule has 0 aromatic heterocycles. The van der Waals surface area contributed by atoms with E-state index in [9.17, 15) is 14.0 Å². The first-order valence-corrected chi connectivity index (χ1v) is 11.7. The molecule has 180 valence electrons. The van der Waals surface area contributed by atoms with E-state index in [4.69, 9.17) is 9.47 Å². The van der Waals surface area contributed by atoms with Crippen LogP contribution in [-0.4, -0.2) is 41.4 Å². The zero-order chi connectivity index (χ0) is 24.8. The molecule has 0 aliphatic carbocycles. The van der Waals surface area contributed by atoms with Gasteiger partial charge in [-0.25, -0.2) is 9.38 Å². The summed E-state index contributed by atoms with van der Waals surface area (Å²) in [5, 5.41) is 2.49. The maximum absolute atomic E-state index is 13.2. The molecule has 1 aliphatic rings. The van der Waals surface area contributed by atoms with Crippen molar-refractivity contribution in [1.82, 2.24) is 4.90 Å². The van der Waals surface area contributed by atoms with Crippen LogP contribution in [0.4, 0.5) is 15.8 Å². The molecule has 1 saturated heterocycles. The molecule has 1 heterocycles. The number of ether oxygens (including phenoxy) is 2. The molecule has 1 aliphatic heterocycles. The van der Waals surface area contributed by atoms with Gasteiger partial charge in [-0.05, 0) is 54.1 Å². The molecule has 3 aromatic rings. The number of rotatable bonds is 7. The van der Waals surface area contributed by atoms with Gasteiger partial charge < -0.3 is 14.8 Å². The minimum absolute atomic E-state index is 0.00120. The molecule has 1 unspecified atom stereocenters. The van der Waals surface area contributed by atoms with Crippen LogP contribution < -0.4 is 14.8 Å². The Balaban J connectivity index is 1.59. The quantitative estimate of drug-likeness (QED) is 0.501. The summed E-state index contributed by atoms with van der Waals surface area (Å²) < 4.78 is 23.9. The second-order valence-corrected chi connectivity index (χ2v) is 8.88. The van der Waals surface area contributed by atoms with E-state index < -0.39 is 11.1 Å². The van der Waals surface area contributed by atoms with Crippen molar-refractivity contribution in [2.24, 2.45) is 4.99 Å². The summed E-state index contributed by atoms with van der Waals surface area (Å²) in [5.74, 6) is 0.175. The molecule has 0 radical (unpaired) electrons. The molecular formula is C26H24FN3O4S. The number of methoxy groups -OCH3 is 2. The SMILES string of the molecule is COc1ccc(CN2C(=O)CC(C(=O)Nc3ccc(F)cc3)SC2=Nc2ccccc2)cc1OC. The van der Waals surface area contributed by atoms with Crippen molar-refractivity contribution in [1.29, 1.82) is 0 Å². The smallest absolute Gasteiger partial charge is 0.238 e. The number of thioether (sulfide) groups is 1. The number of anilines is 1. The molecule has 4 rings (SSSR count). The third-order valence-corrected chi connectivity index (χ3v) is 6.50. The molecule has 1 fully saturated rings. The minimum Gasteiger partial charge on any atom is -0.493 e. The molecule has 35 heavy (non-hydrogen) atoms. The van der Waals surface area contributed by atoms with Crippen molar-refractivity contribution in [2.75, 3.05) is 19.5 Å². The van der Waals surface area contributed by atoms with Gasteiger partial charge in [-0.2, -0.15) is 0 Å². The van der Waals surface area contributed by atoms with Crippen LogP contribution in [0.2, 0.25) is 0 Å². The summed E-state index contributed by atoms with van der Waals surface area (Å²) in [6.45, 7) is 0.254. The fourth-order valence-electron chi connectivity index (χ4n) is 3.53. The van der Waals surface area contributed by atoms with Gasteiger partial charge in [-0.1, -0.05) is 36.0 Å². The first-order valence-electron chi connectivity index (χ1n) is 10.8. The second-order valence-electron chi connectivity index (χ2n) is 7.71. The zero-order valence-electron chi connectivity index (χ0n) is 19.2. The zero-order valence-corrected chi connectivity index (χ0v) is 20.0. The third-order valence-electron chi connectivity index (χ3n) is 5.31. The number of benzene rings is 3. The lowest BCUT2D eigenvalue weighted by Gasteiger charge is -2.32. The van der Waals surface area contributed by atoms with Gasteiger partial charge in [0, 0.05) is 12.1 Å². The summed E-state index contributed by atoms with van der Waals surface area (Å²) in [4.78, 5) is 32.4. The number of nitrogens with zero attached hydrogens (tertiary/aromatic N) is 2. The summed E-state index contributed by atoms with van der Waals surface area (Å²) in [5.41, 5.74) is 1.95. The molecule has 1 atom stereocenters. The molecule has 1 N–H and O–H groups in total. The van der Waals surface area contributed by atoms with Crippen LogP contribution in [0.25, 0.3) is 0 Å². The van der Waals surface area contributed by atoms with Crippen molar-refractivity contribution in [2.45, 2.75) is 18.2 Å². The summed E-state index contributed by atoms with van der Waals surface area (Å²) in [6, 6.07) is 20.2. The van der Waals surface area contributed by atoms with Crippen molar-refractivity contribution in [3.63, 3.8) is 0 Å². The Morgan fingerprint density at radius 2 is 1.77 bits per heavy atom. The molecule has 0 spiro atoms.